The monoisotopic (exact) mass is 391 g/mol. The molecule has 0 radical (unpaired) electrons. The second-order valence-corrected chi connectivity index (χ2v) is 8.94. The molecule has 0 unspecified atom stereocenters. The SMILES string of the molecule is Cc1cccc(NC(=O)C2CCN(S(=O)(=O)c3c(C)noc3C)CC2)c1C. The van der Waals surface area contributed by atoms with Crippen LogP contribution in [0.1, 0.15) is 35.4 Å². The van der Waals surface area contributed by atoms with Crippen LogP contribution in [0.2, 0.25) is 0 Å². The van der Waals surface area contributed by atoms with Gasteiger partial charge in [-0.15, -0.1) is 0 Å². The first-order valence-corrected chi connectivity index (χ1v) is 10.5. The van der Waals surface area contributed by atoms with Crippen LogP contribution in [-0.4, -0.2) is 36.9 Å². The van der Waals surface area contributed by atoms with Gasteiger partial charge in [0.15, 0.2) is 5.76 Å². The number of anilines is 1. The molecule has 7 nitrogen and oxygen atoms in total. The third kappa shape index (κ3) is 3.77. The molecule has 1 fully saturated rings. The van der Waals surface area contributed by atoms with Crippen LogP contribution < -0.4 is 5.32 Å². The van der Waals surface area contributed by atoms with E-state index in [0.717, 1.165) is 16.8 Å². The van der Waals surface area contributed by atoms with E-state index in [-0.39, 0.29) is 16.7 Å². The number of benzene rings is 1. The van der Waals surface area contributed by atoms with E-state index in [1.165, 1.54) is 4.31 Å². The Morgan fingerprint density at radius 3 is 2.44 bits per heavy atom. The lowest BCUT2D eigenvalue weighted by molar-refractivity contribution is -0.120. The third-order valence-electron chi connectivity index (χ3n) is 5.25. The number of hydrogen-bond donors (Lipinski definition) is 1. The fourth-order valence-corrected chi connectivity index (χ4v) is 5.21. The van der Waals surface area contributed by atoms with Gasteiger partial charge in [-0.25, -0.2) is 8.42 Å². The van der Waals surface area contributed by atoms with Gasteiger partial charge in [-0.1, -0.05) is 17.3 Å². The van der Waals surface area contributed by atoms with E-state index in [1.807, 2.05) is 32.0 Å². The molecule has 2 heterocycles. The summed E-state index contributed by atoms with van der Waals surface area (Å²) in [6.45, 7) is 7.80. The van der Waals surface area contributed by atoms with Crippen molar-refractivity contribution in [2.24, 2.45) is 5.92 Å². The van der Waals surface area contributed by atoms with Crippen molar-refractivity contribution in [3.05, 3.63) is 40.8 Å². The zero-order valence-electron chi connectivity index (χ0n) is 16.1. The molecule has 0 saturated carbocycles. The fourth-order valence-electron chi connectivity index (χ4n) is 3.45. The number of aromatic nitrogens is 1. The first-order chi connectivity index (χ1) is 12.7. The standard InChI is InChI=1S/C19H25N3O4S/c1-12-6-5-7-17(13(12)2)20-19(23)16-8-10-22(11-9-16)27(24,25)18-14(3)21-26-15(18)4/h5-7,16H,8-11H2,1-4H3,(H,20,23). The highest BCUT2D eigenvalue weighted by atomic mass is 32.2. The van der Waals surface area contributed by atoms with Crippen LogP contribution in [0, 0.1) is 33.6 Å². The summed E-state index contributed by atoms with van der Waals surface area (Å²) >= 11 is 0. The van der Waals surface area contributed by atoms with Crippen LogP contribution in [0.4, 0.5) is 5.69 Å². The second kappa shape index (κ2) is 7.44. The van der Waals surface area contributed by atoms with E-state index in [0.29, 0.717) is 37.4 Å². The third-order valence-corrected chi connectivity index (χ3v) is 7.40. The maximum atomic E-state index is 12.9. The number of nitrogens with one attached hydrogen (secondary N) is 1. The number of carbonyl (C=O) groups excluding carboxylic acids is 1. The van der Waals surface area contributed by atoms with Crippen LogP contribution in [0.15, 0.2) is 27.6 Å². The van der Waals surface area contributed by atoms with Crippen molar-refractivity contribution in [3.8, 4) is 0 Å². The van der Waals surface area contributed by atoms with E-state index in [2.05, 4.69) is 10.5 Å². The van der Waals surface area contributed by atoms with E-state index in [1.54, 1.807) is 13.8 Å². The molecule has 0 atom stereocenters. The summed E-state index contributed by atoms with van der Waals surface area (Å²) in [5.41, 5.74) is 3.34. The average molecular weight is 391 g/mol. The van der Waals surface area contributed by atoms with Gasteiger partial charge >= 0.3 is 0 Å². The highest BCUT2D eigenvalue weighted by Gasteiger charge is 2.35. The Labute approximate surface area is 159 Å². The van der Waals surface area contributed by atoms with Crippen molar-refractivity contribution in [2.45, 2.75) is 45.4 Å². The number of carbonyl (C=O) groups is 1. The lowest BCUT2D eigenvalue weighted by Gasteiger charge is -2.30. The van der Waals surface area contributed by atoms with E-state index in [9.17, 15) is 13.2 Å². The molecule has 1 amide bonds. The van der Waals surface area contributed by atoms with Crippen LogP contribution in [-0.2, 0) is 14.8 Å². The van der Waals surface area contributed by atoms with Crippen LogP contribution in [0.5, 0.6) is 0 Å². The molecule has 1 N–H and O–H groups in total. The first-order valence-electron chi connectivity index (χ1n) is 9.02. The molecule has 146 valence electrons. The zero-order valence-corrected chi connectivity index (χ0v) is 16.9. The minimum Gasteiger partial charge on any atom is -0.360 e. The Morgan fingerprint density at radius 2 is 1.85 bits per heavy atom. The van der Waals surface area contributed by atoms with Gasteiger partial charge in [-0.05, 0) is 57.7 Å². The normalized spacial score (nSPS) is 16.4. The molecular formula is C19H25N3O4S. The summed E-state index contributed by atoms with van der Waals surface area (Å²) in [6.07, 6.45) is 0.971. The molecule has 1 aromatic heterocycles. The largest absolute Gasteiger partial charge is 0.360 e. The van der Waals surface area contributed by atoms with E-state index in [4.69, 9.17) is 4.52 Å². The summed E-state index contributed by atoms with van der Waals surface area (Å²) in [6, 6.07) is 5.80. The van der Waals surface area contributed by atoms with Gasteiger partial charge in [0.05, 0.1) is 0 Å². The Kier molecular flexibility index (Phi) is 5.39. The number of aryl methyl sites for hydroxylation is 3. The van der Waals surface area contributed by atoms with Crippen molar-refractivity contribution in [1.82, 2.24) is 9.46 Å². The molecule has 8 heteroatoms. The summed E-state index contributed by atoms with van der Waals surface area (Å²) in [5, 5.41) is 6.73. The second-order valence-electron chi connectivity index (χ2n) is 7.07. The van der Waals surface area contributed by atoms with Crippen LogP contribution in [0.3, 0.4) is 0 Å². The molecule has 2 aromatic rings. The quantitative estimate of drug-likeness (QED) is 0.865. The number of amides is 1. The minimum absolute atomic E-state index is 0.0573. The summed E-state index contributed by atoms with van der Waals surface area (Å²) in [7, 11) is -3.66. The van der Waals surface area contributed by atoms with Crippen molar-refractivity contribution in [2.75, 3.05) is 18.4 Å². The first kappa shape index (κ1) is 19.6. The number of rotatable bonds is 4. The van der Waals surface area contributed by atoms with Gasteiger partial charge < -0.3 is 9.84 Å². The zero-order chi connectivity index (χ0) is 19.8. The van der Waals surface area contributed by atoms with E-state index >= 15 is 0 Å². The van der Waals surface area contributed by atoms with Gasteiger partial charge in [0, 0.05) is 24.7 Å². The number of sulfonamides is 1. The van der Waals surface area contributed by atoms with Crippen molar-refractivity contribution < 1.29 is 17.7 Å². The van der Waals surface area contributed by atoms with Crippen molar-refractivity contribution in [1.29, 1.82) is 0 Å². The predicted octanol–water partition coefficient (Wildman–Crippen LogP) is 2.95. The Bertz CT molecular complexity index is 938. The molecule has 1 aromatic carbocycles. The molecule has 0 bridgehead atoms. The fraction of sp³-hybridized carbons (Fsp3) is 0.474. The highest BCUT2D eigenvalue weighted by Crippen LogP contribution is 2.28. The molecule has 0 spiro atoms. The molecule has 27 heavy (non-hydrogen) atoms. The molecular weight excluding hydrogens is 366 g/mol. The lowest BCUT2D eigenvalue weighted by Crippen LogP contribution is -2.41. The summed E-state index contributed by atoms with van der Waals surface area (Å²) in [5.74, 6) is 0.0291. The smallest absolute Gasteiger partial charge is 0.248 e. The molecule has 1 saturated heterocycles. The Balaban J connectivity index is 1.66. The van der Waals surface area contributed by atoms with Gasteiger partial charge in [0.2, 0.25) is 15.9 Å². The lowest BCUT2D eigenvalue weighted by atomic mass is 9.97. The Morgan fingerprint density at radius 1 is 1.19 bits per heavy atom. The van der Waals surface area contributed by atoms with Gasteiger partial charge in [0.1, 0.15) is 10.6 Å². The molecule has 3 rings (SSSR count). The Hall–Kier alpha value is -2.19. The predicted molar refractivity (Wildman–Crippen MR) is 102 cm³/mol. The van der Waals surface area contributed by atoms with Crippen molar-refractivity contribution in [3.63, 3.8) is 0 Å². The molecule has 1 aliphatic heterocycles. The average Bonchev–Trinajstić information content (AvgIpc) is 2.98. The number of hydrogen-bond acceptors (Lipinski definition) is 5. The minimum atomic E-state index is -3.66. The van der Waals surface area contributed by atoms with E-state index < -0.39 is 10.0 Å². The maximum absolute atomic E-state index is 12.9. The summed E-state index contributed by atoms with van der Waals surface area (Å²) in [4.78, 5) is 12.8. The van der Waals surface area contributed by atoms with Crippen LogP contribution in [0.25, 0.3) is 0 Å². The van der Waals surface area contributed by atoms with Crippen LogP contribution >= 0.6 is 0 Å². The number of piperidine rings is 1. The van der Waals surface area contributed by atoms with Gasteiger partial charge in [0.25, 0.3) is 0 Å². The molecule has 0 aliphatic carbocycles. The molecule has 1 aliphatic rings. The number of nitrogens with zero attached hydrogens (tertiary/aromatic N) is 2. The summed E-state index contributed by atoms with van der Waals surface area (Å²) < 4.78 is 32.1. The topological polar surface area (TPSA) is 92.5 Å². The maximum Gasteiger partial charge on any atom is 0.248 e. The highest BCUT2D eigenvalue weighted by molar-refractivity contribution is 7.89. The van der Waals surface area contributed by atoms with Gasteiger partial charge in [-0.3, -0.25) is 4.79 Å². The van der Waals surface area contributed by atoms with Crippen molar-refractivity contribution >= 4 is 21.6 Å². The van der Waals surface area contributed by atoms with Gasteiger partial charge in [-0.2, -0.15) is 4.31 Å².